The number of benzene rings is 2. The number of methoxy groups -OCH3 is 3. The molecule has 0 atom stereocenters. The van der Waals surface area contributed by atoms with E-state index in [1.54, 1.807) is 27.5 Å². The lowest BCUT2D eigenvalue weighted by atomic mass is 10.2. The number of imidazole rings is 1. The van der Waals surface area contributed by atoms with Crippen LogP contribution in [0.25, 0.3) is 16.9 Å². The van der Waals surface area contributed by atoms with E-state index >= 15 is 0 Å². The predicted octanol–water partition coefficient (Wildman–Crippen LogP) is 4.17. The van der Waals surface area contributed by atoms with E-state index < -0.39 is 0 Å². The maximum Gasteiger partial charge on any atom is 0.203 e. The highest BCUT2D eigenvalue weighted by Gasteiger charge is 2.15. The molecule has 0 fully saturated rings. The normalized spacial score (nSPS) is 10.7. The van der Waals surface area contributed by atoms with Crippen molar-refractivity contribution in [2.75, 3.05) is 26.6 Å². The summed E-state index contributed by atoms with van der Waals surface area (Å²) in [4.78, 5) is 9.02. The molecule has 0 unspecified atom stereocenters. The number of nitrogens with zero attached hydrogens (tertiary/aromatic N) is 3. The lowest BCUT2D eigenvalue weighted by molar-refractivity contribution is 0.324. The molecule has 0 aliphatic rings. The molecule has 2 aromatic carbocycles. The fourth-order valence-electron chi connectivity index (χ4n) is 3.12. The van der Waals surface area contributed by atoms with Gasteiger partial charge in [-0.1, -0.05) is 30.3 Å². The third-order valence-electron chi connectivity index (χ3n) is 4.43. The Morgan fingerprint density at radius 3 is 2.25 bits per heavy atom. The van der Waals surface area contributed by atoms with Gasteiger partial charge < -0.3 is 19.5 Å². The van der Waals surface area contributed by atoms with Crippen molar-refractivity contribution in [3.63, 3.8) is 0 Å². The van der Waals surface area contributed by atoms with Crippen molar-refractivity contribution in [1.82, 2.24) is 14.4 Å². The highest BCUT2D eigenvalue weighted by Crippen LogP contribution is 2.40. The fourth-order valence-corrected chi connectivity index (χ4v) is 3.12. The van der Waals surface area contributed by atoms with Crippen LogP contribution in [0.2, 0.25) is 0 Å². The molecule has 0 spiro atoms. The van der Waals surface area contributed by atoms with E-state index in [0.717, 1.165) is 22.6 Å². The van der Waals surface area contributed by atoms with Gasteiger partial charge in [0.25, 0.3) is 0 Å². The summed E-state index contributed by atoms with van der Waals surface area (Å²) in [5, 5.41) is 3.30. The summed E-state index contributed by atoms with van der Waals surface area (Å²) in [5.74, 6) is 2.28. The highest BCUT2D eigenvalue weighted by atomic mass is 16.5. The van der Waals surface area contributed by atoms with Crippen LogP contribution >= 0.6 is 0 Å². The molecular formula is C21H20N4O3. The third kappa shape index (κ3) is 3.07. The van der Waals surface area contributed by atoms with Crippen LogP contribution in [-0.4, -0.2) is 35.7 Å². The Kier molecular flexibility index (Phi) is 4.72. The Balaban J connectivity index is 1.76. The first-order valence-corrected chi connectivity index (χ1v) is 8.69. The SMILES string of the molecule is COc1cc(Nc2nccn3c(-c4ccccc4)cnc23)cc(OC)c1OC. The number of aromatic nitrogens is 3. The molecule has 0 bridgehead atoms. The van der Waals surface area contributed by atoms with E-state index in [-0.39, 0.29) is 0 Å². The summed E-state index contributed by atoms with van der Waals surface area (Å²) in [5.41, 5.74) is 3.54. The van der Waals surface area contributed by atoms with Gasteiger partial charge in [-0.25, -0.2) is 9.97 Å². The van der Waals surface area contributed by atoms with E-state index in [4.69, 9.17) is 14.2 Å². The van der Waals surface area contributed by atoms with Crippen LogP contribution in [0.4, 0.5) is 11.5 Å². The van der Waals surface area contributed by atoms with E-state index in [0.29, 0.717) is 23.1 Å². The number of anilines is 2. The maximum absolute atomic E-state index is 5.42. The number of ether oxygens (including phenoxy) is 3. The van der Waals surface area contributed by atoms with Crippen molar-refractivity contribution in [1.29, 1.82) is 0 Å². The maximum atomic E-state index is 5.42. The quantitative estimate of drug-likeness (QED) is 0.545. The topological polar surface area (TPSA) is 69.9 Å². The van der Waals surface area contributed by atoms with E-state index in [1.807, 2.05) is 47.1 Å². The molecule has 0 aliphatic heterocycles. The summed E-state index contributed by atoms with van der Waals surface area (Å²) >= 11 is 0. The largest absolute Gasteiger partial charge is 0.493 e. The molecule has 4 aromatic rings. The summed E-state index contributed by atoms with van der Waals surface area (Å²) in [7, 11) is 4.74. The standard InChI is InChI=1S/C21H20N4O3/c1-26-17-11-15(12-18(27-2)19(17)28-3)24-20-21-23-13-16(25(21)10-9-22-20)14-7-5-4-6-8-14/h4-13H,1-3H3,(H,22,24). The molecule has 0 aliphatic carbocycles. The average Bonchev–Trinajstić information content (AvgIpc) is 3.19. The van der Waals surface area contributed by atoms with Crippen LogP contribution in [0, 0.1) is 0 Å². The van der Waals surface area contributed by atoms with Gasteiger partial charge in [0.2, 0.25) is 5.75 Å². The van der Waals surface area contributed by atoms with Crippen molar-refractivity contribution in [2.24, 2.45) is 0 Å². The monoisotopic (exact) mass is 376 g/mol. The Labute approximate surface area is 162 Å². The minimum Gasteiger partial charge on any atom is -0.493 e. The fraction of sp³-hybridized carbons (Fsp3) is 0.143. The van der Waals surface area contributed by atoms with Gasteiger partial charge in [0.15, 0.2) is 23.0 Å². The first kappa shape index (κ1) is 17.7. The van der Waals surface area contributed by atoms with Gasteiger partial charge in [-0.15, -0.1) is 0 Å². The molecule has 0 amide bonds. The van der Waals surface area contributed by atoms with Crippen LogP contribution in [0.3, 0.4) is 0 Å². The van der Waals surface area contributed by atoms with Gasteiger partial charge >= 0.3 is 0 Å². The number of rotatable bonds is 6. The van der Waals surface area contributed by atoms with E-state index in [1.165, 1.54) is 0 Å². The zero-order chi connectivity index (χ0) is 19.5. The lowest BCUT2D eigenvalue weighted by Gasteiger charge is -2.15. The van der Waals surface area contributed by atoms with Crippen molar-refractivity contribution >= 4 is 17.2 Å². The lowest BCUT2D eigenvalue weighted by Crippen LogP contribution is -2.01. The molecule has 4 rings (SSSR count). The van der Waals surface area contributed by atoms with Gasteiger partial charge in [0.05, 0.1) is 33.2 Å². The van der Waals surface area contributed by atoms with E-state index in [2.05, 4.69) is 27.4 Å². The zero-order valence-electron chi connectivity index (χ0n) is 15.8. The molecule has 0 radical (unpaired) electrons. The van der Waals surface area contributed by atoms with Crippen LogP contribution in [0.5, 0.6) is 17.2 Å². The molecule has 7 nitrogen and oxygen atoms in total. The summed E-state index contributed by atoms with van der Waals surface area (Å²) in [6.45, 7) is 0. The van der Waals surface area contributed by atoms with Gasteiger partial charge in [0, 0.05) is 35.8 Å². The van der Waals surface area contributed by atoms with Crippen LogP contribution in [0.1, 0.15) is 0 Å². The molecule has 142 valence electrons. The second-order valence-electron chi connectivity index (χ2n) is 6.02. The van der Waals surface area contributed by atoms with Crippen molar-refractivity contribution in [3.05, 3.63) is 61.1 Å². The third-order valence-corrected chi connectivity index (χ3v) is 4.43. The molecule has 28 heavy (non-hydrogen) atoms. The van der Waals surface area contributed by atoms with Crippen LogP contribution in [-0.2, 0) is 0 Å². The Bertz CT molecular complexity index is 1080. The van der Waals surface area contributed by atoms with Crippen molar-refractivity contribution in [3.8, 4) is 28.5 Å². The Hall–Kier alpha value is -3.74. The zero-order valence-corrected chi connectivity index (χ0v) is 15.8. The number of fused-ring (bicyclic) bond motifs is 1. The molecule has 2 aromatic heterocycles. The molecule has 2 heterocycles. The first-order chi connectivity index (χ1) is 13.7. The van der Waals surface area contributed by atoms with Crippen LogP contribution < -0.4 is 19.5 Å². The number of nitrogens with one attached hydrogen (secondary N) is 1. The van der Waals surface area contributed by atoms with E-state index in [9.17, 15) is 0 Å². The molecule has 0 saturated carbocycles. The molecule has 1 N–H and O–H groups in total. The van der Waals surface area contributed by atoms with Gasteiger partial charge in [-0.05, 0) is 0 Å². The molecular weight excluding hydrogens is 356 g/mol. The average molecular weight is 376 g/mol. The summed E-state index contributed by atoms with van der Waals surface area (Å²) < 4.78 is 18.2. The second-order valence-corrected chi connectivity index (χ2v) is 6.02. The number of hydrogen-bond acceptors (Lipinski definition) is 6. The van der Waals surface area contributed by atoms with Gasteiger partial charge in [-0.3, -0.25) is 4.40 Å². The molecule has 0 saturated heterocycles. The molecule has 7 heteroatoms. The first-order valence-electron chi connectivity index (χ1n) is 8.69. The highest BCUT2D eigenvalue weighted by molar-refractivity contribution is 5.76. The van der Waals surface area contributed by atoms with Crippen LogP contribution in [0.15, 0.2) is 61.1 Å². The smallest absolute Gasteiger partial charge is 0.203 e. The second kappa shape index (κ2) is 7.48. The van der Waals surface area contributed by atoms with Crippen molar-refractivity contribution < 1.29 is 14.2 Å². The van der Waals surface area contributed by atoms with Gasteiger partial charge in [-0.2, -0.15) is 0 Å². The predicted molar refractivity (Wildman–Crippen MR) is 108 cm³/mol. The Morgan fingerprint density at radius 1 is 0.893 bits per heavy atom. The number of hydrogen-bond donors (Lipinski definition) is 1. The summed E-state index contributed by atoms with van der Waals surface area (Å²) in [6, 6.07) is 13.8. The van der Waals surface area contributed by atoms with Crippen molar-refractivity contribution in [2.45, 2.75) is 0 Å². The Morgan fingerprint density at radius 2 is 1.61 bits per heavy atom. The minimum absolute atomic E-state index is 0.536. The minimum atomic E-state index is 0.536. The van der Waals surface area contributed by atoms with Gasteiger partial charge in [0.1, 0.15) is 0 Å². The summed E-state index contributed by atoms with van der Waals surface area (Å²) in [6.07, 6.45) is 5.47.